The summed E-state index contributed by atoms with van der Waals surface area (Å²) < 4.78 is 41.2. The number of allylic oxidation sites excluding steroid dienone is 2. The third kappa shape index (κ3) is 7.67. The largest absolute Gasteiger partial charge is 0.416 e. The molecule has 2 aliphatic heterocycles. The number of nitrogens with one attached hydrogen (secondary N) is 2. The van der Waals surface area contributed by atoms with Crippen LogP contribution in [0.25, 0.3) is 0 Å². The van der Waals surface area contributed by atoms with Gasteiger partial charge in [-0.1, -0.05) is 31.2 Å². The molecule has 2 N–H and O–H groups in total. The second-order valence-electron chi connectivity index (χ2n) is 10.5. The molecule has 1 atom stereocenters. The van der Waals surface area contributed by atoms with Gasteiger partial charge in [0.05, 0.1) is 12.1 Å². The van der Waals surface area contributed by atoms with E-state index in [-0.39, 0.29) is 12.1 Å². The van der Waals surface area contributed by atoms with Gasteiger partial charge in [-0.05, 0) is 94.2 Å². The maximum Gasteiger partial charge on any atom is 0.416 e. The summed E-state index contributed by atoms with van der Waals surface area (Å²) in [5, 5.41) is 6.99. The Kier molecular flexibility index (Phi) is 9.70. The Morgan fingerprint density at radius 1 is 1.10 bits per heavy atom. The number of benzene rings is 2. The highest BCUT2D eigenvalue weighted by molar-refractivity contribution is 6.15. The number of likely N-dealkylation sites (N-methyl/N-ethyl adjacent to an activating group) is 1. The molecule has 218 valence electrons. The lowest BCUT2D eigenvalue weighted by molar-refractivity contribution is -0.138. The number of alkyl halides is 3. The van der Waals surface area contributed by atoms with Crippen molar-refractivity contribution in [2.75, 3.05) is 30.8 Å². The third-order valence-electron chi connectivity index (χ3n) is 7.44. The van der Waals surface area contributed by atoms with Crippen LogP contribution >= 0.6 is 0 Å². The minimum atomic E-state index is -4.54. The molecule has 0 spiro atoms. The third-order valence-corrected chi connectivity index (χ3v) is 7.44. The highest BCUT2D eigenvalue weighted by atomic mass is 19.4. The van der Waals surface area contributed by atoms with Gasteiger partial charge in [0.25, 0.3) is 5.91 Å². The van der Waals surface area contributed by atoms with E-state index < -0.39 is 17.6 Å². The zero-order chi connectivity index (χ0) is 29.6. The van der Waals surface area contributed by atoms with Crippen LogP contribution in [0.4, 0.5) is 24.5 Å². The molecule has 1 fully saturated rings. The first kappa shape index (κ1) is 30.1. The number of aliphatic imine (C=N–C) groups is 1. The summed E-state index contributed by atoms with van der Waals surface area (Å²) in [6, 6.07) is 13.7. The minimum absolute atomic E-state index is 0.00440. The summed E-state index contributed by atoms with van der Waals surface area (Å²) in [7, 11) is 2.14. The fourth-order valence-electron chi connectivity index (χ4n) is 5.00. The number of amidine groups is 1. The van der Waals surface area contributed by atoms with Crippen molar-refractivity contribution in [2.24, 2.45) is 4.99 Å². The van der Waals surface area contributed by atoms with Gasteiger partial charge < -0.3 is 15.5 Å². The average molecular weight is 566 g/mol. The Bertz CT molecular complexity index is 1360. The molecule has 0 radical (unpaired) electrons. The van der Waals surface area contributed by atoms with Crippen LogP contribution in [-0.4, -0.2) is 47.7 Å². The Labute approximate surface area is 240 Å². The van der Waals surface area contributed by atoms with Crippen molar-refractivity contribution in [1.29, 1.82) is 0 Å². The van der Waals surface area contributed by atoms with Crippen molar-refractivity contribution in [3.63, 3.8) is 0 Å². The Morgan fingerprint density at radius 3 is 2.46 bits per heavy atom. The first-order valence-electron chi connectivity index (χ1n) is 14.0. The molecule has 2 heterocycles. The first-order valence-corrected chi connectivity index (χ1v) is 14.0. The molecule has 0 saturated carbocycles. The lowest BCUT2D eigenvalue weighted by Gasteiger charge is -2.31. The standard InChI is InChI=1S/C32H38F3N5O/c1-5-22(3)30(37-26-16-14-25(15-17-26)36-27-11-9-19-39(4)21-27)38-31-23(6-2)13-18-29(41)40(31)20-24-10-7-8-12-28(24)32(33,34)35/h6-8,10,12-18,27,36-37H,5,9,11,19-21H2,1-4H3/b23-6-,30-22+,38-31+. The van der Waals surface area contributed by atoms with E-state index in [0.717, 1.165) is 42.5 Å². The highest BCUT2D eigenvalue weighted by Crippen LogP contribution is 2.33. The van der Waals surface area contributed by atoms with E-state index in [0.29, 0.717) is 29.7 Å². The van der Waals surface area contributed by atoms with Crippen LogP contribution < -0.4 is 10.6 Å². The second-order valence-corrected chi connectivity index (χ2v) is 10.5. The van der Waals surface area contributed by atoms with Gasteiger partial charge in [-0.25, -0.2) is 4.99 Å². The van der Waals surface area contributed by atoms with Gasteiger partial charge in [0.2, 0.25) is 0 Å². The number of nitrogens with zero attached hydrogens (tertiary/aromatic N) is 3. The topological polar surface area (TPSA) is 60.0 Å². The van der Waals surface area contributed by atoms with E-state index in [1.54, 1.807) is 18.2 Å². The molecule has 2 aromatic rings. The van der Waals surface area contributed by atoms with Crippen molar-refractivity contribution >= 4 is 23.1 Å². The summed E-state index contributed by atoms with van der Waals surface area (Å²) in [5.74, 6) is 0.421. The number of likely N-dealkylation sites (tertiary alicyclic amines) is 1. The van der Waals surface area contributed by atoms with Crippen molar-refractivity contribution < 1.29 is 18.0 Å². The van der Waals surface area contributed by atoms with Crippen LogP contribution in [0.15, 0.2) is 88.7 Å². The molecule has 1 unspecified atom stereocenters. The van der Waals surface area contributed by atoms with Gasteiger partial charge in [-0.2, -0.15) is 13.2 Å². The lowest BCUT2D eigenvalue weighted by Crippen LogP contribution is -2.39. The van der Waals surface area contributed by atoms with E-state index >= 15 is 0 Å². The normalized spacial score (nSPS) is 20.9. The van der Waals surface area contributed by atoms with Gasteiger partial charge in [0, 0.05) is 35.6 Å². The van der Waals surface area contributed by atoms with E-state index in [2.05, 4.69) is 22.6 Å². The molecular weight excluding hydrogens is 527 g/mol. The predicted molar refractivity (Wildman–Crippen MR) is 160 cm³/mol. The average Bonchev–Trinajstić information content (AvgIpc) is 2.95. The Balaban J connectivity index is 1.62. The van der Waals surface area contributed by atoms with Crippen LogP contribution in [0.2, 0.25) is 0 Å². The highest BCUT2D eigenvalue weighted by Gasteiger charge is 2.35. The summed E-state index contributed by atoms with van der Waals surface area (Å²) in [6.45, 7) is 7.63. The summed E-state index contributed by atoms with van der Waals surface area (Å²) in [4.78, 5) is 21.5. The van der Waals surface area contributed by atoms with Crippen LogP contribution in [-0.2, 0) is 17.5 Å². The van der Waals surface area contributed by atoms with E-state index in [1.165, 1.54) is 29.5 Å². The molecule has 1 saturated heterocycles. The molecule has 0 bridgehead atoms. The molecule has 9 heteroatoms. The van der Waals surface area contributed by atoms with Crippen LogP contribution in [0.3, 0.4) is 0 Å². The second kappa shape index (κ2) is 13.2. The minimum Gasteiger partial charge on any atom is -0.381 e. The van der Waals surface area contributed by atoms with E-state index in [4.69, 9.17) is 4.99 Å². The first-order chi connectivity index (χ1) is 19.6. The van der Waals surface area contributed by atoms with Crippen molar-refractivity contribution in [3.05, 3.63) is 94.9 Å². The van der Waals surface area contributed by atoms with Gasteiger partial charge >= 0.3 is 6.18 Å². The van der Waals surface area contributed by atoms with Gasteiger partial charge in [-0.3, -0.25) is 9.69 Å². The number of amides is 1. The van der Waals surface area contributed by atoms with Gasteiger partial charge in [0.1, 0.15) is 11.7 Å². The SMILES string of the molecule is C/C=C1/C=CC(=O)N(Cc2ccccc2C(F)(F)F)/C1=N/C(Nc1ccc(NC2CCCN(C)C2)cc1)=C(\C)CC. The molecule has 0 aromatic heterocycles. The van der Waals surface area contributed by atoms with Crippen molar-refractivity contribution in [3.8, 4) is 0 Å². The monoisotopic (exact) mass is 565 g/mol. The molecule has 1 amide bonds. The lowest BCUT2D eigenvalue weighted by atomic mass is 10.0. The fourth-order valence-corrected chi connectivity index (χ4v) is 5.00. The summed E-state index contributed by atoms with van der Waals surface area (Å²) in [6.07, 6.45) is 3.27. The number of piperidine rings is 1. The van der Waals surface area contributed by atoms with Crippen molar-refractivity contribution in [2.45, 2.75) is 58.8 Å². The molecule has 0 aliphatic carbocycles. The maximum atomic E-state index is 13.7. The van der Waals surface area contributed by atoms with Gasteiger partial charge in [0.15, 0.2) is 0 Å². The number of carbonyl (C=O) groups excluding carboxylic acids is 1. The zero-order valence-corrected chi connectivity index (χ0v) is 24.1. The molecule has 4 rings (SSSR count). The smallest absolute Gasteiger partial charge is 0.381 e. The number of anilines is 2. The quantitative estimate of drug-likeness (QED) is 0.355. The van der Waals surface area contributed by atoms with Crippen molar-refractivity contribution in [1.82, 2.24) is 9.80 Å². The molecule has 2 aromatic carbocycles. The number of carbonyl (C=O) groups is 1. The van der Waals surface area contributed by atoms with Gasteiger partial charge in [-0.15, -0.1) is 0 Å². The Hall–Kier alpha value is -3.85. The Morgan fingerprint density at radius 2 is 1.80 bits per heavy atom. The molecular formula is C32H38F3N5O. The van der Waals surface area contributed by atoms with Crippen LogP contribution in [0, 0.1) is 0 Å². The summed E-state index contributed by atoms with van der Waals surface area (Å²) >= 11 is 0. The molecule has 6 nitrogen and oxygen atoms in total. The molecule has 2 aliphatic rings. The maximum absolute atomic E-state index is 13.7. The van der Waals surface area contributed by atoms with Crippen LogP contribution in [0.1, 0.15) is 51.2 Å². The fraction of sp³-hybridized carbons (Fsp3) is 0.375. The summed E-state index contributed by atoms with van der Waals surface area (Å²) in [5.41, 5.74) is 2.68. The van der Waals surface area contributed by atoms with E-state index in [1.807, 2.05) is 45.0 Å². The zero-order valence-electron chi connectivity index (χ0n) is 24.1. The van der Waals surface area contributed by atoms with E-state index in [9.17, 15) is 18.0 Å². The van der Waals surface area contributed by atoms with Crippen LogP contribution in [0.5, 0.6) is 0 Å². The molecule has 41 heavy (non-hydrogen) atoms. The number of rotatable bonds is 8. The number of hydrogen-bond acceptors (Lipinski definition) is 5. The predicted octanol–water partition coefficient (Wildman–Crippen LogP) is 7.21. The number of halogens is 3. The number of hydrogen-bond donors (Lipinski definition) is 2.